The smallest absolute Gasteiger partial charge is 0.410 e. The van der Waals surface area contributed by atoms with E-state index in [0.717, 1.165) is 25.9 Å². The van der Waals surface area contributed by atoms with E-state index in [1.807, 2.05) is 20.8 Å². The zero-order valence-corrected chi connectivity index (χ0v) is 17.8. The van der Waals surface area contributed by atoms with E-state index in [4.69, 9.17) is 9.84 Å². The van der Waals surface area contributed by atoms with E-state index < -0.39 is 11.9 Å². The first kappa shape index (κ1) is 24.4. The number of hydrogen-bond acceptors (Lipinski definition) is 7. The number of piperidine rings is 1. The number of benzene rings is 1. The summed E-state index contributed by atoms with van der Waals surface area (Å²) in [6.45, 7) is 7.05. The molecule has 0 atom stereocenters. The first-order chi connectivity index (χ1) is 13.6. The summed E-state index contributed by atoms with van der Waals surface area (Å²) < 4.78 is 14.4. The van der Waals surface area contributed by atoms with Gasteiger partial charge in [0.1, 0.15) is 5.60 Å². The standard InChI is InChI=1S/C11H12O5.C10H19NO2/c1-15-10(13)8-5-3-4-7(6-12)9(8)11(14)16-2;1-10(2,3)13-9(12)11-7-5-4-6-8-11/h3-5,12H,6H2,1-2H3;4-8H2,1-3H3. The Balaban J connectivity index is 0.000000296. The first-order valence-corrected chi connectivity index (χ1v) is 9.52. The van der Waals surface area contributed by atoms with Crippen LogP contribution in [-0.4, -0.2) is 60.9 Å². The minimum Gasteiger partial charge on any atom is -0.465 e. The second kappa shape index (κ2) is 11.4. The molecular formula is C21H31NO7. The van der Waals surface area contributed by atoms with Crippen LogP contribution in [0.25, 0.3) is 0 Å². The fourth-order valence-electron chi connectivity index (χ4n) is 2.76. The van der Waals surface area contributed by atoms with Gasteiger partial charge in [0.25, 0.3) is 0 Å². The zero-order chi connectivity index (χ0) is 22.0. The van der Waals surface area contributed by atoms with Crippen molar-refractivity contribution in [1.82, 2.24) is 4.90 Å². The highest BCUT2D eigenvalue weighted by Gasteiger charge is 2.23. The van der Waals surface area contributed by atoms with Crippen molar-refractivity contribution in [2.75, 3.05) is 27.3 Å². The third-order valence-corrected chi connectivity index (χ3v) is 4.12. The summed E-state index contributed by atoms with van der Waals surface area (Å²) in [5, 5.41) is 9.08. The van der Waals surface area contributed by atoms with Crippen molar-refractivity contribution >= 4 is 18.0 Å². The highest BCUT2D eigenvalue weighted by Crippen LogP contribution is 2.17. The lowest BCUT2D eigenvalue weighted by atomic mass is 10.0. The Morgan fingerprint density at radius 1 is 1.00 bits per heavy atom. The molecule has 0 aliphatic carbocycles. The van der Waals surface area contributed by atoms with Crippen LogP contribution in [0.15, 0.2) is 18.2 Å². The summed E-state index contributed by atoms with van der Waals surface area (Å²) in [7, 11) is 2.42. The number of ether oxygens (including phenoxy) is 3. The fourth-order valence-corrected chi connectivity index (χ4v) is 2.76. The molecule has 1 heterocycles. The van der Waals surface area contributed by atoms with Crippen LogP contribution in [0.4, 0.5) is 4.79 Å². The molecule has 0 radical (unpaired) electrons. The van der Waals surface area contributed by atoms with Crippen molar-refractivity contribution in [2.24, 2.45) is 0 Å². The summed E-state index contributed by atoms with van der Waals surface area (Å²) in [6, 6.07) is 4.54. The van der Waals surface area contributed by atoms with Gasteiger partial charge in [-0.15, -0.1) is 0 Å². The molecule has 29 heavy (non-hydrogen) atoms. The maximum Gasteiger partial charge on any atom is 0.410 e. The Labute approximate surface area is 171 Å². The Hall–Kier alpha value is -2.61. The van der Waals surface area contributed by atoms with Crippen LogP contribution in [0.1, 0.15) is 66.3 Å². The van der Waals surface area contributed by atoms with Gasteiger partial charge in [0.2, 0.25) is 0 Å². The van der Waals surface area contributed by atoms with Gasteiger partial charge in [-0.3, -0.25) is 0 Å². The van der Waals surface area contributed by atoms with Crippen molar-refractivity contribution < 1.29 is 33.7 Å². The van der Waals surface area contributed by atoms with E-state index in [9.17, 15) is 14.4 Å². The van der Waals surface area contributed by atoms with Crippen LogP contribution in [0.2, 0.25) is 0 Å². The van der Waals surface area contributed by atoms with Gasteiger partial charge in [0.05, 0.1) is 32.0 Å². The summed E-state index contributed by atoms with van der Waals surface area (Å²) >= 11 is 0. The average Bonchev–Trinajstić information content (AvgIpc) is 2.71. The Kier molecular flexibility index (Phi) is 9.61. The number of aliphatic hydroxyl groups is 1. The Bertz CT molecular complexity index is 703. The molecule has 162 valence electrons. The molecule has 1 fully saturated rings. The highest BCUT2D eigenvalue weighted by molar-refractivity contribution is 6.04. The van der Waals surface area contributed by atoms with Crippen LogP contribution in [0.3, 0.4) is 0 Å². The number of likely N-dealkylation sites (tertiary alicyclic amines) is 1. The minimum atomic E-state index is -0.676. The van der Waals surface area contributed by atoms with E-state index in [2.05, 4.69) is 9.47 Å². The van der Waals surface area contributed by atoms with Gasteiger partial charge in [-0.2, -0.15) is 0 Å². The third-order valence-electron chi connectivity index (χ3n) is 4.12. The van der Waals surface area contributed by atoms with E-state index >= 15 is 0 Å². The number of hydrogen-bond donors (Lipinski definition) is 1. The molecule has 8 heteroatoms. The quantitative estimate of drug-likeness (QED) is 0.604. The zero-order valence-electron chi connectivity index (χ0n) is 17.8. The molecule has 1 aliphatic rings. The van der Waals surface area contributed by atoms with E-state index in [1.54, 1.807) is 17.0 Å². The van der Waals surface area contributed by atoms with Crippen molar-refractivity contribution in [2.45, 2.75) is 52.2 Å². The van der Waals surface area contributed by atoms with Crippen LogP contribution >= 0.6 is 0 Å². The van der Waals surface area contributed by atoms with E-state index in [0.29, 0.717) is 5.56 Å². The molecule has 1 saturated heterocycles. The molecule has 1 amide bonds. The average molecular weight is 409 g/mol. The Morgan fingerprint density at radius 3 is 2.07 bits per heavy atom. The molecule has 1 aliphatic heterocycles. The number of amides is 1. The van der Waals surface area contributed by atoms with Gasteiger partial charge >= 0.3 is 18.0 Å². The normalized spacial score (nSPS) is 13.7. The molecule has 1 N–H and O–H groups in total. The van der Waals surface area contributed by atoms with Gasteiger partial charge in [-0.1, -0.05) is 12.1 Å². The van der Waals surface area contributed by atoms with Crippen molar-refractivity contribution in [1.29, 1.82) is 0 Å². The van der Waals surface area contributed by atoms with Crippen LogP contribution in [0, 0.1) is 0 Å². The molecule has 0 unspecified atom stereocenters. The van der Waals surface area contributed by atoms with E-state index in [-0.39, 0.29) is 29.4 Å². The lowest BCUT2D eigenvalue weighted by Gasteiger charge is -2.29. The first-order valence-electron chi connectivity index (χ1n) is 9.52. The van der Waals surface area contributed by atoms with Crippen molar-refractivity contribution in [3.63, 3.8) is 0 Å². The molecule has 8 nitrogen and oxygen atoms in total. The van der Waals surface area contributed by atoms with Crippen LogP contribution in [-0.2, 0) is 20.8 Å². The SMILES string of the molecule is CC(C)(C)OC(=O)N1CCCCC1.COC(=O)c1cccc(CO)c1C(=O)OC. The summed E-state index contributed by atoms with van der Waals surface area (Å²) in [6.07, 6.45) is 3.30. The van der Waals surface area contributed by atoms with Gasteiger partial charge in [0.15, 0.2) is 0 Å². The van der Waals surface area contributed by atoms with Gasteiger partial charge in [-0.25, -0.2) is 14.4 Å². The van der Waals surface area contributed by atoms with Gasteiger partial charge < -0.3 is 24.2 Å². The van der Waals surface area contributed by atoms with Crippen LogP contribution < -0.4 is 0 Å². The number of methoxy groups -OCH3 is 2. The second-order valence-corrected chi connectivity index (χ2v) is 7.51. The lowest BCUT2D eigenvalue weighted by molar-refractivity contribution is 0.0215. The molecule has 1 aromatic carbocycles. The number of carbonyl (C=O) groups is 3. The van der Waals surface area contributed by atoms with Gasteiger partial charge in [-0.05, 0) is 51.7 Å². The summed E-state index contributed by atoms with van der Waals surface area (Å²) in [4.78, 5) is 36.2. The summed E-state index contributed by atoms with van der Waals surface area (Å²) in [5.41, 5.74) is 0.0872. The maximum atomic E-state index is 11.5. The number of esters is 2. The minimum absolute atomic E-state index is 0.0411. The largest absolute Gasteiger partial charge is 0.465 e. The molecule has 0 spiro atoms. The number of aliphatic hydroxyl groups excluding tert-OH is 1. The second-order valence-electron chi connectivity index (χ2n) is 7.51. The highest BCUT2D eigenvalue weighted by atomic mass is 16.6. The van der Waals surface area contributed by atoms with E-state index in [1.165, 1.54) is 26.7 Å². The molecule has 1 aromatic rings. The topological polar surface area (TPSA) is 102 Å². The molecular weight excluding hydrogens is 378 g/mol. The van der Waals surface area contributed by atoms with Gasteiger partial charge in [0, 0.05) is 13.1 Å². The summed E-state index contributed by atoms with van der Waals surface area (Å²) in [5.74, 6) is -1.32. The number of rotatable bonds is 3. The Morgan fingerprint density at radius 2 is 1.59 bits per heavy atom. The monoisotopic (exact) mass is 409 g/mol. The van der Waals surface area contributed by atoms with Crippen molar-refractivity contribution in [3.05, 3.63) is 34.9 Å². The number of nitrogens with zero attached hydrogens (tertiary/aromatic N) is 1. The van der Waals surface area contributed by atoms with Crippen LogP contribution in [0.5, 0.6) is 0 Å². The molecule has 0 saturated carbocycles. The molecule has 0 bridgehead atoms. The van der Waals surface area contributed by atoms with Crippen molar-refractivity contribution in [3.8, 4) is 0 Å². The fraction of sp³-hybridized carbons (Fsp3) is 0.571. The lowest BCUT2D eigenvalue weighted by Crippen LogP contribution is -2.39. The predicted molar refractivity (Wildman–Crippen MR) is 107 cm³/mol. The molecule has 2 rings (SSSR count). The predicted octanol–water partition coefficient (Wildman–Crippen LogP) is 3.16. The molecule has 0 aromatic heterocycles. The third kappa shape index (κ3) is 7.73. The maximum absolute atomic E-state index is 11.5. The number of carbonyl (C=O) groups excluding carboxylic acids is 3.